The summed E-state index contributed by atoms with van der Waals surface area (Å²) in [4.78, 5) is 2.50. The maximum Gasteiger partial charge on any atom is 0.0240 e. The van der Waals surface area contributed by atoms with Gasteiger partial charge in [-0.2, -0.15) is 0 Å². The molecule has 2 aliphatic rings. The van der Waals surface area contributed by atoms with E-state index in [0.29, 0.717) is 0 Å². The molecule has 0 amide bonds. The van der Waals surface area contributed by atoms with Gasteiger partial charge >= 0.3 is 0 Å². The monoisotopic (exact) mass is 228 g/mol. The zero-order valence-corrected chi connectivity index (χ0v) is 10.2. The van der Waals surface area contributed by atoms with Gasteiger partial charge in [0.1, 0.15) is 0 Å². The molecule has 0 bridgehead atoms. The van der Waals surface area contributed by atoms with Crippen LogP contribution in [0.5, 0.6) is 0 Å². The molecule has 0 atom stereocenters. The van der Waals surface area contributed by atoms with Gasteiger partial charge in [-0.15, -0.1) is 0 Å². The molecule has 2 nitrogen and oxygen atoms in total. The maximum absolute atomic E-state index is 3.59. The van der Waals surface area contributed by atoms with Gasteiger partial charge in [-0.3, -0.25) is 4.90 Å². The summed E-state index contributed by atoms with van der Waals surface area (Å²) in [5, 5.41) is 3.59. The van der Waals surface area contributed by atoms with Crippen molar-refractivity contribution >= 4 is 0 Å². The predicted octanol–water partition coefficient (Wildman–Crippen LogP) is 2.18. The van der Waals surface area contributed by atoms with Crippen LogP contribution in [0.4, 0.5) is 0 Å². The zero-order valence-electron chi connectivity index (χ0n) is 10.2. The van der Waals surface area contributed by atoms with E-state index < -0.39 is 0 Å². The molecule has 0 saturated heterocycles. The van der Waals surface area contributed by atoms with Crippen LogP contribution in [0.1, 0.15) is 18.4 Å². The van der Waals surface area contributed by atoms with Gasteiger partial charge in [-0.25, -0.2) is 0 Å². The Morgan fingerprint density at radius 3 is 2.76 bits per heavy atom. The second kappa shape index (κ2) is 5.03. The van der Waals surface area contributed by atoms with Crippen molar-refractivity contribution in [2.45, 2.75) is 25.4 Å². The Kier molecular flexibility index (Phi) is 3.25. The summed E-state index contributed by atoms with van der Waals surface area (Å²) in [5.41, 5.74) is 2.98. The summed E-state index contributed by atoms with van der Waals surface area (Å²) < 4.78 is 0. The van der Waals surface area contributed by atoms with Crippen molar-refractivity contribution in [1.29, 1.82) is 0 Å². The number of nitrogens with zero attached hydrogens (tertiary/aromatic N) is 1. The summed E-state index contributed by atoms with van der Waals surface area (Å²) in [6, 6.07) is 11.6. The van der Waals surface area contributed by atoms with Gasteiger partial charge in [0.25, 0.3) is 0 Å². The number of rotatable bonds is 5. The predicted molar refractivity (Wildman–Crippen MR) is 70.8 cm³/mol. The highest BCUT2D eigenvalue weighted by Gasteiger charge is 2.21. The van der Waals surface area contributed by atoms with E-state index in [-0.39, 0.29) is 0 Å². The molecule has 1 saturated carbocycles. The van der Waals surface area contributed by atoms with E-state index in [9.17, 15) is 0 Å². The average molecular weight is 228 g/mol. The second-order valence-electron chi connectivity index (χ2n) is 5.17. The minimum atomic E-state index is 0.819. The molecule has 1 aromatic carbocycles. The molecule has 1 aromatic rings. The Balaban J connectivity index is 1.45. The second-order valence-corrected chi connectivity index (χ2v) is 5.17. The van der Waals surface area contributed by atoms with Crippen LogP contribution in [0.15, 0.2) is 42.0 Å². The highest BCUT2D eigenvalue weighted by atomic mass is 15.1. The number of hydrogen-bond donors (Lipinski definition) is 1. The lowest BCUT2D eigenvalue weighted by Gasteiger charge is -2.16. The number of nitrogens with one attached hydrogen (secondary N) is 1. The number of benzene rings is 1. The molecule has 0 unspecified atom stereocenters. The third kappa shape index (κ3) is 3.18. The van der Waals surface area contributed by atoms with E-state index in [4.69, 9.17) is 0 Å². The highest BCUT2D eigenvalue weighted by Crippen LogP contribution is 2.19. The van der Waals surface area contributed by atoms with Crippen molar-refractivity contribution in [2.75, 3.05) is 19.6 Å². The molecule has 3 rings (SSSR count). The van der Waals surface area contributed by atoms with Crippen LogP contribution >= 0.6 is 0 Å². The largest absolute Gasteiger partial charge is 0.310 e. The van der Waals surface area contributed by atoms with Crippen LogP contribution in [-0.4, -0.2) is 30.6 Å². The van der Waals surface area contributed by atoms with Crippen LogP contribution in [0, 0.1) is 0 Å². The highest BCUT2D eigenvalue weighted by molar-refractivity contribution is 5.18. The fourth-order valence-corrected chi connectivity index (χ4v) is 2.33. The lowest BCUT2D eigenvalue weighted by Crippen LogP contribution is -2.24. The van der Waals surface area contributed by atoms with Crippen molar-refractivity contribution < 1.29 is 0 Å². The first-order chi connectivity index (χ1) is 8.40. The van der Waals surface area contributed by atoms with Gasteiger partial charge in [0.05, 0.1) is 0 Å². The Morgan fingerprint density at radius 1 is 1.18 bits per heavy atom. The molecule has 0 radical (unpaired) electrons. The van der Waals surface area contributed by atoms with Crippen molar-refractivity contribution in [3.05, 3.63) is 47.5 Å². The molecule has 90 valence electrons. The molecule has 1 fully saturated rings. The summed E-state index contributed by atoms with van der Waals surface area (Å²) in [7, 11) is 0. The van der Waals surface area contributed by atoms with Gasteiger partial charge in [0, 0.05) is 32.2 Å². The van der Waals surface area contributed by atoms with Gasteiger partial charge in [0.2, 0.25) is 0 Å². The molecule has 1 N–H and O–H groups in total. The molecular formula is C15H20N2. The molecule has 1 heterocycles. The maximum atomic E-state index is 3.59. The smallest absolute Gasteiger partial charge is 0.0240 e. The molecule has 17 heavy (non-hydrogen) atoms. The van der Waals surface area contributed by atoms with E-state index in [1.807, 2.05) is 0 Å². The minimum Gasteiger partial charge on any atom is -0.310 e. The molecule has 1 aliphatic heterocycles. The minimum absolute atomic E-state index is 0.819. The van der Waals surface area contributed by atoms with Crippen molar-refractivity contribution in [1.82, 2.24) is 10.2 Å². The normalized spacial score (nSPS) is 20.6. The molecular weight excluding hydrogens is 208 g/mol. The summed E-state index contributed by atoms with van der Waals surface area (Å²) >= 11 is 0. The Hall–Kier alpha value is -1.12. The Labute approximate surface area is 103 Å². The third-order valence-electron chi connectivity index (χ3n) is 3.51. The van der Waals surface area contributed by atoms with Crippen LogP contribution in [0.3, 0.4) is 0 Å². The Morgan fingerprint density at radius 2 is 2.00 bits per heavy atom. The van der Waals surface area contributed by atoms with Gasteiger partial charge in [0.15, 0.2) is 0 Å². The molecule has 2 heteroatoms. The lowest BCUT2D eigenvalue weighted by molar-refractivity contribution is 0.339. The first-order valence-electron chi connectivity index (χ1n) is 6.58. The lowest BCUT2D eigenvalue weighted by atomic mass is 10.2. The van der Waals surface area contributed by atoms with Crippen molar-refractivity contribution in [3.8, 4) is 0 Å². The third-order valence-corrected chi connectivity index (χ3v) is 3.51. The zero-order chi connectivity index (χ0) is 11.5. The quantitative estimate of drug-likeness (QED) is 0.777. The van der Waals surface area contributed by atoms with Crippen molar-refractivity contribution in [2.24, 2.45) is 0 Å². The average Bonchev–Trinajstić information content (AvgIpc) is 3.09. The van der Waals surface area contributed by atoms with E-state index >= 15 is 0 Å². The van der Waals surface area contributed by atoms with Crippen molar-refractivity contribution in [3.63, 3.8) is 0 Å². The van der Waals surface area contributed by atoms with E-state index in [1.165, 1.54) is 18.4 Å². The van der Waals surface area contributed by atoms with Crippen LogP contribution in [0.2, 0.25) is 0 Å². The van der Waals surface area contributed by atoms with Crippen LogP contribution in [-0.2, 0) is 6.54 Å². The SMILES string of the molecule is C1=C(CNC2CC2)CN(Cc2ccccc2)C1. The van der Waals surface area contributed by atoms with Gasteiger partial charge < -0.3 is 5.32 Å². The Bertz CT molecular complexity index is 393. The van der Waals surface area contributed by atoms with Crippen LogP contribution in [0.25, 0.3) is 0 Å². The summed E-state index contributed by atoms with van der Waals surface area (Å²) in [5.74, 6) is 0. The van der Waals surface area contributed by atoms with Gasteiger partial charge in [-0.05, 0) is 24.0 Å². The fourth-order valence-electron chi connectivity index (χ4n) is 2.33. The molecule has 0 spiro atoms. The number of hydrogen-bond acceptors (Lipinski definition) is 2. The van der Waals surface area contributed by atoms with E-state index in [1.54, 1.807) is 5.57 Å². The van der Waals surface area contributed by atoms with E-state index in [2.05, 4.69) is 46.6 Å². The topological polar surface area (TPSA) is 15.3 Å². The standard InChI is InChI=1S/C15H20N2/c1-2-4-13(5-3-1)11-17-9-8-14(12-17)10-16-15-6-7-15/h1-5,8,15-16H,6-7,9-12H2. The van der Waals surface area contributed by atoms with Crippen LogP contribution < -0.4 is 5.32 Å². The fraction of sp³-hybridized carbons (Fsp3) is 0.467. The molecule has 0 aromatic heterocycles. The first kappa shape index (κ1) is 11.0. The summed E-state index contributed by atoms with van der Waals surface area (Å²) in [6.07, 6.45) is 5.14. The van der Waals surface area contributed by atoms with Gasteiger partial charge in [-0.1, -0.05) is 36.4 Å². The van der Waals surface area contributed by atoms with E-state index in [0.717, 1.165) is 32.2 Å². The molecule has 1 aliphatic carbocycles. The first-order valence-corrected chi connectivity index (χ1v) is 6.58. The summed E-state index contributed by atoms with van der Waals surface area (Å²) in [6.45, 7) is 4.41.